The molecule has 4 atom stereocenters. The summed E-state index contributed by atoms with van der Waals surface area (Å²) in [6.07, 6.45) is 0.227. The van der Waals surface area contributed by atoms with Crippen molar-refractivity contribution in [3.8, 4) is 5.75 Å². The number of Topliss-reactive ketones (excluding diaryl/α,β-unsaturated/α-hetero) is 2. The molecule has 3 aliphatic rings. The number of nitrogens with two attached hydrogens (primary N) is 1. The van der Waals surface area contributed by atoms with E-state index < -0.39 is 63.6 Å². The van der Waals surface area contributed by atoms with Gasteiger partial charge in [0, 0.05) is 49.9 Å². The number of hydrogen-bond donors (Lipinski definition) is 6. The fraction of sp³-hybridized carbons (Fsp3) is 0.552. The number of aromatic hydroxyl groups is 1. The van der Waals surface area contributed by atoms with Gasteiger partial charge in [-0.2, -0.15) is 0 Å². The van der Waals surface area contributed by atoms with Crippen LogP contribution in [0.3, 0.4) is 0 Å². The zero-order chi connectivity index (χ0) is 30.9. The van der Waals surface area contributed by atoms with E-state index in [1.807, 2.05) is 4.90 Å². The molecule has 4 rings (SSSR count). The summed E-state index contributed by atoms with van der Waals surface area (Å²) in [6.45, 7) is 3.81. The number of rotatable bonds is 7. The number of likely N-dealkylation sites (N-methyl/N-ethyl adjacent to an activating group) is 2. The van der Waals surface area contributed by atoms with E-state index >= 15 is 0 Å². The van der Waals surface area contributed by atoms with Gasteiger partial charge in [0.05, 0.1) is 17.2 Å². The zero-order valence-electron chi connectivity index (χ0n) is 24.5. The molecule has 0 fully saturated rings. The largest absolute Gasteiger partial charge is 0.510 e. The molecule has 224 valence electrons. The molecule has 7 N–H and O–H groups in total. The number of allylic oxidation sites excluding steroid dienone is 1. The molecule has 41 heavy (non-hydrogen) atoms. The highest BCUT2D eigenvalue weighted by Gasteiger charge is 2.63. The molecule has 0 bridgehead atoms. The third-order valence-electron chi connectivity index (χ3n) is 8.36. The van der Waals surface area contributed by atoms with Crippen molar-refractivity contribution in [3.63, 3.8) is 0 Å². The molecule has 0 heterocycles. The number of phenolic OH excluding ortho intramolecular Hbond substituents is 1. The monoisotopic (exact) mass is 572 g/mol. The summed E-state index contributed by atoms with van der Waals surface area (Å²) < 4.78 is 0. The lowest BCUT2D eigenvalue weighted by Crippen LogP contribution is -2.63. The molecule has 0 saturated carbocycles. The van der Waals surface area contributed by atoms with Crippen molar-refractivity contribution in [1.29, 1.82) is 0 Å². The second-order valence-corrected chi connectivity index (χ2v) is 12.6. The predicted octanol–water partition coefficient (Wildman–Crippen LogP) is 0.389. The van der Waals surface area contributed by atoms with Crippen molar-refractivity contribution in [1.82, 2.24) is 9.80 Å². The van der Waals surface area contributed by atoms with Gasteiger partial charge in [-0.1, -0.05) is 0 Å². The van der Waals surface area contributed by atoms with E-state index in [9.17, 15) is 39.9 Å². The molecule has 0 saturated heterocycles. The molecule has 1 aromatic rings. The average Bonchev–Trinajstić information content (AvgIpc) is 2.81. The average molecular weight is 573 g/mol. The highest BCUT2D eigenvalue weighted by molar-refractivity contribution is 6.24. The third-order valence-corrected chi connectivity index (χ3v) is 8.36. The van der Waals surface area contributed by atoms with Gasteiger partial charge >= 0.3 is 0 Å². The summed E-state index contributed by atoms with van der Waals surface area (Å²) in [7, 11) is 8.56. The number of aliphatic hydroxyl groups excluding tert-OH is 2. The molecule has 0 radical (unpaired) electrons. The summed E-state index contributed by atoms with van der Waals surface area (Å²) in [5, 5.41) is 55.8. The Bertz CT molecular complexity index is 1390. The number of fused-ring (bicyclic) bond motifs is 3. The van der Waals surface area contributed by atoms with Gasteiger partial charge in [0.1, 0.15) is 22.8 Å². The van der Waals surface area contributed by atoms with Gasteiger partial charge in [-0.25, -0.2) is 0 Å². The first-order chi connectivity index (χ1) is 18.8. The predicted molar refractivity (Wildman–Crippen MR) is 151 cm³/mol. The van der Waals surface area contributed by atoms with Crippen molar-refractivity contribution in [3.05, 3.63) is 45.4 Å². The normalized spacial score (nSPS) is 26.4. The lowest BCUT2D eigenvalue weighted by Gasteiger charge is -2.50. The highest BCUT2D eigenvalue weighted by Crippen LogP contribution is 2.53. The van der Waals surface area contributed by atoms with Crippen LogP contribution in [-0.2, 0) is 22.6 Å². The molecule has 12 nitrogen and oxygen atoms in total. The Balaban J connectivity index is 1.91. The molecule has 0 unspecified atom stereocenters. The van der Waals surface area contributed by atoms with Crippen molar-refractivity contribution >= 4 is 23.2 Å². The molecule has 3 aliphatic carbocycles. The minimum absolute atomic E-state index is 0.0233. The molecule has 1 aromatic carbocycles. The fourth-order valence-electron chi connectivity index (χ4n) is 6.88. The molecular weight excluding hydrogens is 532 g/mol. The van der Waals surface area contributed by atoms with E-state index in [0.717, 1.165) is 0 Å². The molecular formula is C29H40N4O8. The van der Waals surface area contributed by atoms with Crippen LogP contribution in [0.15, 0.2) is 28.7 Å². The Hall–Kier alpha value is -3.45. The van der Waals surface area contributed by atoms with Crippen molar-refractivity contribution < 1.29 is 39.9 Å². The van der Waals surface area contributed by atoms with Crippen molar-refractivity contribution in [2.75, 3.05) is 46.7 Å². The molecule has 0 spiro atoms. The Morgan fingerprint density at radius 1 is 1.12 bits per heavy atom. The van der Waals surface area contributed by atoms with Crippen LogP contribution in [0.25, 0.3) is 0 Å². The van der Waals surface area contributed by atoms with Crippen LogP contribution < -0.4 is 10.6 Å². The van der Waals surface area contributed by atoms with E-state index in [4.69, 9.17) is 5.73 Å². The number of aliphatic hydroxyl groups is 4. The summed E-state index contributed by atoms with van der Waals surface area (Å²) in [6, 6.07) is 0.743. The van der Waals surface area contributed by atoms with Gasteiger partial charge in [-0.05, 0) is 65.4 Å². The smallest absolute Gasteiger partial charge is 0.255 e. The second kappa shape index (κ2) is 10.1. The Morgan fingerprint density at radius 3 is 2.24 bits per heavy atom. The van der Waals surface area contributed by atoms with Crippen LogP contribution in [0, 0.1) is 11.8 Å². The Morgan fingerprint density at radius 2 is 1.73 bits per heavy atom. The quantitative estimate of drug-likeness (QED) is 0.248. The topological polar surface area (TPSA) is 188 Å². The number of hydrogen-bond acceptors (Lipinski definition) is 11. The maximum atomic E-state index is 14.1. The Labute approximate surface area is 239 Å². The van der Waals surface area contributed by atoms with Gasteiger partial charge in [0.15, 0.2) is 11.4 Å². The first-order valence-electron chi connectivity index (χ1n) is 13.4. The summed E-state index contributed by atoms with van der Waals surface area (Å²) in [5.41, 5.74) is 2.28. The van der Waals surface area contributed by atoms with Gasteiger partial charge < -0.3 is 36.2 Å². The van der Waals surface area contributed by atoms with Crippen molar-refractivity contribution in [2.45, 2.75) is 50.5 Å². The summed E-state index contributed by atoms with van der Waals surface area (Å²) in [4.78, 5) is 44.9. The number of amides is 1. The maximum Gasteiger partial charge on any atom is 0.255 e. The zero-order valence-corrected chi connectivity index (χ0v) is 24.5. The number of carbonyl (C=O) groups excluding carboxylic acids is 3. The van der Waals surface area contributed by atoms with Crippen LogP contribution >= 0.6 is 0 Å². The fourth-order valence-corrected chi connectivity index (χ4v) is 6.88. The van der Waals surface area contributed by atoms with Crippen LogP contribution in [0.4, 0.5) is 5.69 Å². The summed E-state index contributed by atoms with van der Waals surface area (Å²) in [5.74, 6) is -6.79. The Kier molecular flexibility index (Phi) is 7.53. The lowest BCUT2D eigenvalue weighted by atomic mass is 9.58. The minimum atomic E-state index is -2.69. The first kappa shape index (κ1) is 30.5. The number of benzene rings is 1. The molecule has 0 aliphatic heterocycles. The second-order valence-electron chi connectivity index (χ2n) is 12.6. The van der Waals surface area contributed by atoms with E-state index in [-0.39, 0.29) is 42.8 Å². The maximum absolute atomic E-state index is 14.1. The number of anilines is 1. The van der Waals surface area contributed by atoms with Crippen LogP contribution in [0.1, 0.15) is 41.8 Å². The molecule has 1 amide bonds. The van der Waals surface area contributed by atoms with Gasteiger partial charge in [0.25, 0.3) is 5.91 Å². The standard InChI is InChI=1S/C29H40N4O8/c1-28(2,40)12-33(7)11-14-10-17(31(3)4)15-8-13-9-16-21(32(5)6)24(36)20(27(30)39)26(38)29(16,41)25(37)18(13)23(35)19(15)22(14)34/h10,13,16,21,34,36-37,40-41H,8-9,11-12H2,1-7H3,(H2,30,39)/t13-,16-,21-,29-/m0/s1. The third kappa shape index (κ3) is 4.78. The highest BCUT2D eigenvalue weighted by atomic mass is 16.3. The minimum Gasteiger partial charge on any atom is -0.510 e. The van der Waals surface area contributed by atoms with Crippen LogP contribution in [0.2, 0.25) is 0 Å². The number of nitrogens with zero attached hydrogens (tertiary/aromatic N) is 3. The van der Waals surface area contributed by atoms with Crippen LogP contribution in [0.5, 0.6) is 5.75 Å². The summed E-state index contributed by atoms with van der Waals surface area (Å²) >= 11 is 0. The van der Waals surface area contributed by atoms with Crippen LogP contribution in [-0.4, -0.2) is 112 Å². The van der Waals surface area contributed by atoms with E-state index in [1.165, 1.54) is 4.90 Å². The van der Waals surface area contributed by atoms with E-state index in [1.54, 1.807) is 60.1 Å². The number of phenols is 1. The van der Waals surface area contributed by atoms with Gasteiger partial charge in [-0.3, -0.25) is 24.2 Å². The molecule has 0 aromatic heterocycles. The lowest BCUT2D eigenvalue weighted by molar-refractivity contribution is -0.148. The SMILES string of the molecule is CN(Cc1cc(N(C)C)c2c(c1O)C(=O)C1=C(O)[C@]3(O)C(=O)C(C(N)=O)=C(O)[C@@H](N(C)C)[C@@H]3C[C@@H]1C2)CC(C)(C)O. The first-order valence-corrected chi connectivity index (χ1v) is 13.4. The van der Waals surface area contributed by atoms with Gasteiger partial charge in [-0.15, -0.1) is 0 Å². The van der Waals surface area contributed by atoms with Gasteiger partial charge in [0.2, 0.25) is 5.78 Å². The van der Waals surface area contributed by atoms with E-state index in [0.29, 0.717) is 16.8 Å². The number of carbonyl (C=O) groups is 3. The van der Waals surface area contributed by atoms with E-state index in [2.05, 4.69) is 0 Å². The number of primary amides is 1. The molecule has 12 heteroatoms. The number of ketones is 2. The van der Waals surface area contributed by atoms with Crippen molar-refractivity contribution in [2.24, 2.45) is 17.6 Å².